The van der Waals surface area contributed by atoms with E-state index in [-0.39, 0.29) is 23.9 Å². The predicted octanol–water partition coefficient (Wildman–Crippen LogP) is 2.76. The van der Waals surface area contributed by atoms with Crippen LogP contribution >= 0.6 is 0 Å². The summed E-state index contributed by atoms with van der Waals surface area (Å²) >= 11 is 0. The van der Waals surface area contributed by atoms with Gasteiger partial charge in [0.15, 0.2) is 0 Å². The number of carbonyl (C=O) groups is 2. The fraction of sp³-hybridized carbons (Fsp3) is 0.300. The summed E-state index contributed by atoms with van der Waals surface area (Å²) in [5.74, 6) is -0.151. The summed E-state index contributed by atoms with van der Waals surface area (Å²) in [6.07, 6.45) is 1.80. The number of hydrogen-bond donors (Lipinski definition) is 0. The molecule has 0 N–H and O–H groups in total. The number of imide groups is 1. The maximum Gasteiger partial charge on any atom is 0.251 e. The molecule has 2 saturated heterocycles. The molecule has 122 valence electrons. The lowest BCUT2D eigenvalue weighted by molar-refractivity contribution is -0.160. The monoisotopic (exact) mass is 320 g/mol. The molecular formula is C20H20N2O2. The van der Waals surface area contributed by atoms with Crippen molar-refractivity contribution in [2.24, 2.45) is 0 Å². The van der Waals surface area contributed by atoms with Gasteiger partial charge in [-0.25, -0.2) is 0 Å². The molecule has 4 heteroatoms. The predicted molar refractivity (Wildman–Crippen MR) is 90.9 cm³/mol. The van der Waals surface area contributed by atoms with Gasteiger partial charge in [0, 0.05) is 6.54 Å². The standard InChI is InChI=1S/C20H20N2O2/c23-19-17-12-7-13-21(17)18(16-10-5-2-6-11-16)20(24)22(19)14-15-8-3-1-4-9-15/h1-6,8-11,17-18H,7,12-14H2/t17-,18+/m0/s1. The van der Waals surface area contributed by atoms with Crippen LogP contribution in [0, 0.1) is 0 Å². The van der Waals surface area contributed by atoms with Gasteiger partial charge in [0.25, 0.3) is 5.91 Å². The Labute approximate surface area is 141 Å². The van der Waals surface area contributed by atoms with Crippen LogP contribution in [0.15, 0.2) is 60.7 Å². The maximum atomic E-state index is 13.1. The molecule has 2 amide bonds. The lowest BCUT2D eigenvalue weighted by Crippen LogP contribution is -2.58. The Morgan fingerprint density at radius 1 is 0.875 bits per heavy atom. The van der Waals surface area contributed by atoms with Gasteiger partial charge in [-0.2, -0.15) is 0 Å². The third kappa shape index (κ3) is 2.53. The van der Waals surface area contributed by atoms with Gasteiger partial charge in [-0.05, 0) is 24.0 Å². The van der Waals surface area contributed by atoms with Gasteiger partial charge in [-0.1, -0.05) is 60.7 Å². The number of nitrogens with zero attached hydrogens (tertiary/aromatic N) is 2. The number of benzene rings is 2. The quantitative estimate of drug-likeness (QED) is 0.817. The second-order valence-electron chi connectivity index (χ2n) is 6.46. The minimum absolute atomic E-state index is 0.0477. The van der Waals surface area contributed by atoms with Crippen molar-refractivity contribution in [3.63, 3.8) is 0 Å². The molecule has 2 aromatic rings. The zero-order valence-corrected chi connectivity index (χ0v) is 13.5. The first-order valence-corrected chi connectivity index (χ1v) is 8.45. The van der Waals surface area contributed by atoms with Crippen LogP contribution in [0.5, 0.6) is 0 Å². The summed E-state index contributed by atoms with van der Waals surface area (Å²) in [4.78, 5) is 29.6. The topological polar surface area (TPSA) is 40.6 Å². The number of carbonyl (C=O) groups excluding carboxylic acids is 2. The molecule has 2 fully saturated rings. The minimum atomic E-state index is -0.347. The molecule has 2 aromatic carbocycles. The van der Waals surface area contributed by atoms with Gasteiger partial charge in [0.2, 0.25) is 5.91 Å². The van der Waals surface area contributed by atoms with Crippen LogP contribution in [0.4, 0.5) is 0 Å². The van der Waals surface area contributed by atoms with Gasteiger partial charge >= 0.3 is 0 Å². The van der Waals surface area contributed by atoms with E-state index in [9.17, 15) is 9.59 Å². The molecular weight excluding hydrogens is 300 g/mol. The van der Waals surface area contributed by atoms with Crippen LogP contribution in [-0.2, 0) is 16.1 Å². The first-order valence-electron chi connectivity index (χ1n) is 8.45. The minimum Gasteiger partial charge on any atom is -0.277 e. The Kier molecular flexibility index (Phi) is 3.90. The highest BCUT2D eigenvalue weighted by molar-refractivity contribution is 6.03. The molecule has 2 aliphatic heterocycles. The average Bonchev–Trinajstić information content (AvgIpc) is 3.10. The fourth-order valence-corrected chi connectivity index (χ4v) is 3.83. The van der Waals surface area contributed by atoms with E-state index in [4.69, 9.17) is 0 Å². The third-order valence-corrected chi connectivity index (χ3v) is 4.98. The third-order valence-electron chi connectivity index (χ3n) is 4.98. The number of amides is 2. The number of hydrogen-bond acceptors (Lipinski definition) is 3. The van der Waals surface area contributed by atoms with Gasteiger partial charge < -0.3 is 0 Å². The second-order valence-corrected chi connectivity index (χ2v) is 6.46. The van der Waals surface area contributed by atoms with Gasteiger partial charge in [0.05, 0.1) is 12.6 Å². The van der Waals surface area contributed by atoms with Crippen molar-refractivity contribution in [3.05, 3.63) is 71.8 Å². The molecule has 2 atom stereocenters. The van der Waals surface area contributed by atoms with Gasteiger partial charge in [0.1, 0.15) is 6.04 Å². The summed E-state index contributed by atoms with van der Waals surface area (Å²) in [5, 5.41) is 0. The summed E-state index contributed by atoms with van der Waals surface area (Å²) in [6, 6.07) is 19.0. The average molecular weight is 320 g/mol. The molecule has 0 spiro atoms. The summed E-state index contributed by atoms with van der Waals surface area (Å²) in [7, 11) is 0. The Morgan fingerprint density at radius 2 is 1.54 bits per heavy atom. The summed E-state index contributed by atoms with van der Waals surface area (Å²) < 4.78 is 0. The van der Waals surface area contributed by atoms with Crippen molar-refractivity contribution in [1.82, 2.24) is 9.80 Å². The van der Waals surface area contributed by atoms with Crippen molar-refractivity contribution in [2.45, 2.75) is 31.5 Å². The van der Waals surface area contributed by atoms with Gasteiger partial charge in [-0.3, -0.25) is 19.4 Å². The number of rotatable bonds is 3. The van der Waals surface area contributed by atoms with E-state index < -0.39 is 0 Å². The summed E-state index contributed by atoms with van der Waals surface area (Å²) in [5.41, 5.74) is 1.96. The van der Waals surface area contributed by atoms with E-state index in [1.807, 2.05) is 60.7 Å². The Hall–Kier alpha value is -2.46. The van der Waals surface area contributed by atoms with Crippen molar-refractivity contribution < 1.29 is 9.59 Å². The van der Waals surface area contributed by atoms with Crippen molar-refractivity contribution in [1.29, 1.82) is 0 Å². The van der Waals surface area contributed by atoms with E-state index in [1.165, 1.54) is 4.90 Å². The molecule has 4 nitrogen and oxygen atoms in total. The molecule has 2 heterocycles. The lowest BCUT2D eigenvalue weighted by atomic mass is 9.98. The normalized spacial score (nSPS) is 24.2. The zero-order valence-electron chi connectivity index (χ0n) is 13.5. The van der Waals surface area contributed by atoms with Crippen LogP contribution in [0.2, 0.25) is 0 Å². The molecule has 0 aliphatic carbocycles. The number of piperazine rings is 1. The van der Waals surface area contributed by atoms with Crippen LogP contribution in [0.3, 0.4) is 0 Å². The molecule has 0 unspecified atom stereocenters. The van der Waals surface area contributed by atoms with Gasteiger partial charge in [-0.15, -0.1) is 0 Å². The largest absolute Gasteiger partial charge is 0.277 e. The SMILES string of the molecule is O=C1[C@@H]2CCCN2[C@H](c2ccccc2)C(=O)N1Cc1ccccc1. The molecule has 0 saturated carbocycles. The molecule has 0 radical (unpaired) electrons. The Bertz CT molecular complexity index is 745. The smallest absolute Gasteiger partial charge is 0.251 e. The van der Waals surface area contributed by atoms with E-state index in [0.29, 0.717) is 6.54 Å². The Balaban J connectivity index is 1.69. The summed E-state index contributed by atoms with van der Waals surface area (Å²) in [6.45, 7) is 1.16. The highest BCUT2D eigenvalue weighted by Crippen LogP contribution is 2.36. The van der Waals surface area contributed by atoms with E-state index >= 15 is 0 Å². The van der Waals surface area contributed by atoms with E-state index in [2.05, 4.69) is 4.90 Å². The molecule has 4 rings (SSSR count). The highest BCUT2D eigenvalue weighted by atomic mass is 16.2. The van der Waals surface area contributed by atoms with Crippen LogP contribution < -0.4 is 0 Å². The van der Waals surface area contributed by atoms with Crippen molar-refractivity contribution in [2.75, 3.05) is 6.54 Å². The van der Waals surface area contributed by atoms with Crippen LogP contribution in [-0.4, -0.2) is 34.2 Å². The van der Waals surface area contributed by atoms with Crippen molar-refractivity contribution in [3.8, 4) is 0 Å². The zero-order chi connectivity index (χ0) is 16.5. The Morgan fingerprint density at radius 3 is 2.25 bits per heavy atom. The lowest BCUT2D eigenvalue weighted by Gasteiger charge is -2.41. The van der Waals surface area contributed by atoms with Crippen molar-refractivity contribution >= 4 is 11.8 Å². The molecule has 0 bridgehead atoms. The van der Waals surface area contributed by atoms with Crippen LogP contribution in [0.1, 0.15) is 30.0 Å². The maximum absolute atomic E-state index is 13.1. The molecule has 24 heavy (non-hydrogen) atoms. The van der Waals surface area contributed by atoms with Crippen LogP contribution in [0.25, 0.3) is 0 Å². The second kappa shape index (κ2) is 6.21. The first kappa shape index (κ1) is 15.1. The van der Waals surface area contributed by atoms with E-state index in [1.54, 1.807) is 0 Å². The first-order chi connectivity index (χ1) is 11.8. The number of fused-ring (bicyclic) bond motifs is 1. The molecule has 0 aromatic heterocycles. The van der Waals surface area contributed by atoms with E-state index in [0.717, 1.165) is 30.5 Å². The molecule has 2 aliphatic rings. The highest BCUT2D eigenvalue weighted by Gasteiger charge is 2.48. The fourth-order valence-electron chi connectivity index (χ4n) is 3.83.